The summed E-state index contributed by atoms with van der Waals surface area (Å²) in [5, 5.41) is 16.3. The Morgan fingerprint density at radius 2 is 1.83 bits per heavy atom. The number of anilines is 2. The number of carboxylic acids is 1. The maximum atomic E-state index is 12.4. The third kappa shape index (κ3) is 5.49. The van der Waals surface area contributed by atoms with Gasteiger partial charge in [0.2, 0.25) is 5.91 Å². The van der Waals surface area contributed by atoms with Crippen LogP contribution in [0.2, 0.25) is 0 Å². The number of nitrogens with zero attached hydrogens (tertiary/aromatic N) is 1. The lowest BCUT2D eigenvalue weighted by Crippen LogP contribution is -2.15. The summed E-state index contributed by atoms with van der Waals surface area (Å²) in [7, 11) is 0. The molecule has 0 aliphatic carbocycles. The summed E-state index contributed by atoms with van der Waals surface area (Å²) in [5.41, 5.74) is 2.43. The van der Waals surface area contributed by atoms with E-state index < -0.39 is 11.9 Å². The van der Waals surface area contributed by atoms with Gasteiger partial charge in [0.15, 0.2) is 5.13 Å². The average Bonchev–Trinajstić information content (AvgIpc) is 3.17. The normalized spacial score (nSPS) is 10.4. The number of aryl methyl sites for hydroxylation is 2. The molecule has 1 heterocycles. The summed E-state index contributed by atoms with van der Waals surface area (Å²) in [6, 6.07) is 14.2. The van der Waals surface area contributed by atoms with E-state index in [4.69, 9.17) is 5.11 Å². The summed E-state index contributed by atoms with van der Waals surface area (Å²) < 4.78 is 0. The summed E-state index contributed by atoms with van der Waals surface area (Å²) in [5.74, 6) is -1.73. The Morgan fingerprint density at radius 3 is 2.55 bits per heavy atom. The highest BCUT2D eigenvalue weighted by Crippen LogP contribution is 2.20. The molecule has 0 aliphatic rings. The zero-order chi connectivity index (χ0) is 20.8. The van der Waals surface area contributed by atoms with Gasteiger partial charge in [-0.1, -0.05) is 36.4 Å². The van der Waals surface area contributed by atoms with Crippen molar-refractivity contribution in [1.29, 1.82) is 0 Å². The van der Waals surface area contributed by atoms with Crippen molar-refractivity contribution in [3.05, 3.63) is 76.3 Å². The minimum atomic E-state index is -1.07. The molecule has 0 radical (unpaired) electrons. The number of thiazole rings is 1. The van der Waals surface area contributed by atoms with E-state index in [9.17, 15) is 14.4 Å². The van der Waals surface area contributed by atoms with Crippen molar-refractivity contribution in [2.45, 2.75) is 19.8 Å². The van der Waals surface area contributed by atoms with Gasteiger partial charge in [-0.3, -0.25) is 9.59 Å². The van der Waals surface area contributed by atoms with E-state index >= 15 is 0 Å². The van der Waals surface area contributed by atoms with Gasteiger partial charge in [-0.15, -0.1) is 11.3 Å². The zero-order valence-electron chi connectivity index (χ0n) is 15.6. The van der Waals surface area contributed by atoms with E-state index in [1.165, 1.54) is 12.1 Å². The molecule has 0 atom stereocenters. The Balaban J connectivity index is 1.59. The lowest BCUT2D eigenvalue weighted by molar-refractivity contribution is -0.116. The molecule has 0 spiro atoms. The van der Waals surface area contributed by atoms with Gasteiger partial charge < -0.3 is 15.7 Å². The van der Waals surface area contributed by atoms with Gasteiger partial charge in [0.25, 0.3) is 5.91 Å². The van der Waals surface area contributed by atoms with Crippen LogP contribution in [0.5, 0.6) is 0 Å². The second kappa shape index (κ2) is 9.11. The molecule has 3 rings (SSSR count). The second-order valence-electron chi connectivity index (χ2n) is 6.36. The molecular formula is C21H19N3O4S. The SMILES string of the molecule is Cc1ccc(C(=O)O)cc1NC(=O)c1csc(NC(=O)CCc2ccccc2)n1. The van der Waals surface area contributed by atoms with Crippen molar-refractivity contribution >= 4 is 39.9 Å². The molecule has 148 valence electrons. The fourth-order valence-corrected chi connectivity index (χ4v) is 3.30. The van der Waals surface area contributed by atoms with Crippen molar-refractivity contribution in [2.75, 3.05) is 10.6 Å². The first-order valence-electron chi connectivity index (χ1n) is 8.87. The van der Waals surface area contributed by atoms with Crippen LogP contribution in [0.4, 0.5) is 10.8 Å². The molecule has 8 heteroatoms. The highest BCUT2D eigenvalue weighted by Gasteiger charge is 2.15. The molecule has 7 nitrogen and oxygen atoms in total. The molecule has 29 heavy (non-hydrogen) atoms. The average molecular weight is 409 g/mol. The van der Waals surface area contributed by atoms with Crippen molar-refractivity contribution < 1.29 is 19.5 Å². The second-order valence-corrected chi connectivity index (χ2v) is 7.22. The van der Waals surface area contributed by atoms with Gasteiger partial charge in [0.05, 0.1) is 5.56 Å². The Hall–Kier alpha value is -3.52. The van der Waals surface area contributed by atoms with Crippen LogP contribution < -0.4 is 10.6 Å². The minimum Gasteiger partial charge on any atom is -0.478 e. The Bertz CT molecular complexity index is 1050. The van der Waals surface area contributed by atoms with E-state index in [0.29, 0.717) is 23.7 Å². The third-order valence-corrected chi connectivity index (χ3v) is 4.96. The first kappa shape index (κ1) is 20.2. The molecule has 3 aromatic rings. The highest BCUT2D eigenvalue weighted by molar-refractivity contribution is 7.14. The predicted molar refractivity (Wildman–Crippen MR) is 112 cm³/mol. The molecule has 0 saturated carbocycles. The smallest absolute Gasteiger partial charge is 0.335 e. The van der Waals surface area contributed by atoms with Gasteiger partial charge in [-0.2, -0.15) is 0 Å². The molecule has 0 saturated heterocycles. The third-order valence-electron chi connectivity index (χ3n) is 4.20. The first-order chi connectivity index (χ1) is 13.9. The molecule has 0 fully saturated rings. The largest absolute Gasteiger partial charge is 0.478 e. The van der Waals surface area contributed by atoms with Gasteiger partial charge in [-0.05, 0) is 36.6 Å². The van der Waals surface area contributed by atoms with Gasteiger partial charge in [-0.25, -0.2) is 9.78 Å². The topological polar surface area (TPSA) is 108 Å². The lowest BCUT2D eigenvalue weighted by atomic mass is 10.1. The predicted octanol–water partition coefficient (Wildman–Crippen LogP) is 3.97. The standard InChI is InChI=1S/C21H19N3O4S/c1-13-7-9-15(20(27)28)11-16(13)22-19(26)17-12-29-21(23-17)24-18(25)10-8-14-5-3-2-4-6-14/h2-7,9,11-12H,8,10H2,1H3,(H,22,26)(H,27,28)(H,23,24,25). The number of aromatic carboxylic acids is 1. The molecule has 3 N–H and O–H groups in total. The van der Waals surface area contributed by atoms with Crippen LogP contribution in [0.3, 0.4) is 0 Å². The lowest BCUT2D eigenvalue weighted by Gasteiger charge is -2.08. The van der Waals surface area contributed by atoms with E-state index in [1.807, 2.05) is 30.3 Å². The van der Waals surface area contributed by atoms with Crippen LogP contribution in [0, 0.1) is 6.92 Å². The van der Waals surface area contributed by atoms with Crippen molar-refractivity contribution in [1.82, 2.24) is 4.98 Å². The number of hydrogen-bond acceptors (Lipinski definition) is 5. The molecule has 1 aromatic heterocycles. The molecule has 0 aliphatic heterocycles. The fraction of sp³-hybridized carbons (Fsp3) is 0.143. The Labute approximate surface area is 171 Å². The van der Waals surface area contributed by atoms with Gasteiger partial charge in [0, 0.05) is 17.5 Å². The number of aromatic nitrogens is 1. The number of benzene rings is 2. The molecule has 0 bridgehead atoms. The van der Waals surface area contributed by atoms with Crippen LogP contribution in [-0.2, 0) is 11.2 Å². The van der Waals surface area contributed by atoms with Crippen molar-refractivity contribution in [3.63, 3.8) is 0 Å². The van der Waals surface area contributed by atoms with E-state index in [1.54, 1.807) is 18.4 Å². The molecule has 2 aromatic carbocycles. The molecule has 0 unspecified atom stereocenters. The number of amides is 2. The zero-order valence-corrected chi connectivity index (χ0v) is 16.5. The number of carboxylic acid groups (broad SMARTS) is 1. The number of hydrogen-bond donors (Lipinski definition) is 3. The van der Waals surface area contributed by atoms with Gasteiger partial charge in [0.1, 0.15) is 5.69 Å². The monoisotopic (exact) mass is 409 g/mol. The maximum absolute atomic E-state index is 12.4. The quantitative estimate of drug-likeness (QED) is 0.547. The number of nitrogens with one attached hydrogen (secondary N) is 2. The van der Waals surface area contributed by atoms with Gasteiger partial charge >= 0.3 is 5.97 Å². The van der Waals surface area contributed by atoms with E-state index in [-0.39, 0.29) is 17.2 Å². The maximum Gasteiger partial charge on any atom is 0.335 e. The Morgan fingerprint density at radius 1 is 1.07 bits per heavy atom. The van der Waals surface area contributed by atoms with E-state index in [2.05, 4.69) is 15.6 Å². The van der Waals surface area contributed by atoms with E-state index in [0.717, 1.165) is 22.5 Å². The Kier molecular flexibility index (Phi) is 6.36. The number of carbonyl (C=O) groups is 3. The first-order valence-corrected chi connectivity index (χ1v) is 9.75. The van der Waals surface area contributed by atoms with Crippen LogP contribution in [0.1, 0.15) is 38.4 Å². The molecular weight excluding hydrogens is 390 g/mol. The minimum absolute atomic E-state index is 0.0792. The highest BCUT2D eigenvalue weighted by atomic mass is 32.1. The summed E-state index contributed by atoms with van der Waals surface area (Å²) >= 11 is 1.15. The van der Waals surface area contributed by atoms with Crippen LogP contribution in [0.15, 0.2) is 53.9 Å². The van der Waals surface area contributed by atoms with Crippen molar-refractivity contribution in [3.8, 4) is 0 Å². The van der Waals surface area contributed by atoms with Crippen LogP contribution in [-0.4, -0.2) is 27.9 Å². The van der Waals surface area contributed by atoms with Crippen LogP contribution in [0.25, 0.3) is 0 Å². The number of rotatable bonds is 7. The fourth-order valence-electron chi connectivity index (χ4n) is 2.60. The summed E-state index contributed by atoms with van der Waals surface area (Å²) in [4.78, 5) is 39.8. The molecule has 2 amide bonds. The number of carbonyl (C=O) groups excluding carboxylic acids is 2. The summed E-state index contributed by atoms with van der Waals surface area (Å²) in [6.45, 7) is 1.76. The summed E-state index contributed by atoms with van der Waals surface area (Å²) in [6.07, 6.45) is 0.927. The van der Waals surface area contributed by atoms with Crippen molar-refractivity contribution in [2.24, 2.45) is 0 Å². The van der Waals surface area contributed by atoms with Crippen LogP contribution >= 0.6 is 11.3 Å².